The normalized spacial score (nSPS) is 18.7. The molecule has 0 aliphatic carbocycles. The van der Waals surface area contributed by atoms with Crippen LogP contribution in [0.25, 0.3) is 11.4 Å². The molecule has 0 spiro atoms. The summed E-state index contributed by atoms with van der Waals surface area (Å²) in [7, 11) is 0. The Bertz CT molecular complexity index is 579. The number of hydrogen-bond acceptors (Lipinski definition) is 5. The second-order valence-electron chi connectivity index (χ2n) is 4.68. The van der Waals surface area contributed by atoms with E-state index in [4.69, 9.17) is 0 Å². The molecule has 2 aromatic rings. The van der Waals surface area contributed by atoms with Gasteiger partial charge >= 0.3 is 0 Å². The highest BCUT2D eigenvalue weighted by Crippen LogP contribution is 2.19. The van der Waals surface area contributed by atoms with Crippen molar-refractivity contribution in [2.45, 2.75) is 18.9 Å². The number of aromatic nitrogens is 2. The Morgan fingerprint density at radius 3 is 2.90 bits per heavy atom. The number of thioether (sulfide) groups is 1. The van der Waals surface area contributed by atoms with Gasteiger partial charge in [0.25, 0.3) is 5.91 Å². The minimum absolute atomic E-state index is 0.0998. The first-order valence-corrected chi connectivity index (χ1v) is 8.53. The summed E-state index contributed by atoms with van der Waals surface area (Å²) in [5, 5.41) is 3.49. The van der Waals surface area contributed by atoms with Gasteiger partial charge < -0.3 is 5.32 Å². The zero-order valence-corrected chi connectivity index (χ0v) is 12.5. The number of nitrogens with one attached hydrogen (secondary N) is 1. The predicted molar refractivity (Wildman–Crippen MR) is 83.2 cm³/mol. The van der Waals surface area contributed by atoms with E-state index in [9.17, 15) is 4.79 Å². The van der Waals surface area contributed by atoms with Crippen LogP contribution in [0.4, 0.5) is 0 Å². The van der Waals surface area contributed by atoms with Crippen LogP contribution in [-0.4, -0.2) is 32.8 Å². The van der Waals surface area contributed by atoms with E-state index in [1.807, 2.05) is 42.1 Å². The number of hydrogen-bond donors (Lipinski definition) is 1. The predicted octanol–water partition coefficient (Wildman–Crippen LogP) is 2.83. The van der Waals surface area contributed by atoms with Gasteiger partial charge in [0.1, 0.15) is 0 Å². The van der Waals surface area contributed by atoms with E-state index < -0.39 is 0 Å². The van der Waals surface area contributed by atoms with Gasteiger partial charge in [0.05, 0.1) is 0 Å². The van der Waals surface area contributed by atoms with Gasteiger partial charge in [0.2, 0.25) is 5.01 Å². The van der Waals surface area contributed by atoms with Crippen LogP contribution in [0.15, 0.2) is 30.3 Å². The zero-order chi connectivity index (χ0) is 13.8. The maximum absolute atomic E-state index is 12.1. The summed E-state index contributed by atoms with van der Waals surface area (Å²) in [5.74, 6) is 2.72. The Balaban J connectivity index is 1.68. The van der Waals surface area contributed by atoms with Gasteiger partial charge in [-0.1, -0.05) is 30.3 Å². The van der Waals surface area contributed by atoms with Crippen molar-refractivity contribution in [3.05, 3.63) is 35.3 Å². The number of rotatable bonds is 3. The van der Waals surface area contributed by atoms with Crippen molar-refractivity contribution < 1.29 is 4.79 Å². The Morgan fingerprint density at radius 2 is 2.15 bits per heavy atom. The molecule has 20 heavy (non-hydrogen) atoms. The molecule has 1 atom stereocenters. The third-order valence-corrected chi connectivity index (χ3v) is 5.08. The minimum Gasteiger partial charge on any atom is -0.346 e. The Morgan fingerprint density at radius 1 is 1.30 bits per heavy atom. The first-order valence-electron chi connectivity index (χ1n) is 6.60. The molecule has 6 heteroatoms. The molecule has 3 rings (SSSR count). The average Bonchev–Trinajstić information content (AvgIpc) is 2.99. The molecule has 0 saturated carbocycles. The summed E-state index contributed by atoms with van der Waals surface area (Å²) >= 11 is 3.06. The van der Waals surface area contributed by atoms with E-state index in [1.165, 1.54) is 12.2 Å². The number of amides is 1. The SMILES string of the molecule is O=C(NC1CCCSC1)c1nc(-c2ccccc2)ns1. The highest BCUT2D eigenvalue weighted by atomic mass is 32.2. The van der Waals surface area contributed by atoms with Gasteiger partial charge in [-0.15, -0.1) is 0 Å². The van der Waals surface area contributed by atoms with Crippen LogP contribution in [0.1, 0.15) is 22.6 Å². The lowest BCUT2D eigenvalue weighted by Gasteiger charge is -2.21. The smallest absolute Gasteiger partial charge is 0.282 e. The van der Waals surface area contributed by atoms with Gasteiger partial charge in [-0.05, 0) is 30.1 Å². The molecule has 1 unspecified atom stereocenters. The quantitative estimate of drug-likeness (QED) is 0.947. The molecular weight excluding hydrogens is 290 g/mol. The van der Waals surface area contributed by atoms with Crippen molar-refractivity contribution in [3.8, 4) is 11.4 Å². The molecule has 1 aromatic carbocycles. The first kappa shape index (κ1) is 13.6. The topological polar surface area (TPSA) is 54.9 Å². The Kier molecular flexibility index (Phi) is 4.32. The molecule has 1 aliphatic heterocycles. The van der Waals surface area contributed by atoms with Crippen LogP contribution in [-0.2, 0) is 0 Å². The van der Waals surface area contributed by atoms with Crippen molar-refractivity contribution in [3.63, 3.8) is 0 Å². The maximum atomic E-state index is 12.1. The molecule has 1 amide bonds. The zero-order valence-electron chi connectivity index (χ0n) is 10.9. The van der Waals surface area contributed by atoms with Gasteiger partial charge in [-0.3, -0.25) is 4.79 Å². The van der Waals surface area contributed by atoms with E-state index in [2.05, 4.69) is 14.7 Å². The van der Waals surface area contributed by atoms with Crippen molar-refractivity contribution in [1.29, 1.82) is 0 Å². The van der Waals surface area contributed by atoms with Crippen molar-refractivity contribution in [1.82, 2.24) is 14.7 Å². The van der Waals surface area contributed by atoms with Gasteiger partial charge in [0.15, 0.2) is 5.82 Å². The fourth-order valence-electron chi connectivity index (χ4n) is 2.12. The molecule has 1 fully saturated rings. The van der Waals surface area contributed by atoms with Crippen LogP contribution >= 0.6 is 23.3 Å². The summed E-state index contributed by atoms with van der Waals surface area (Å²) in [6.07, 6.45) is 2.23. The minimum atomic E-state index is -0.0998. The lowest BCUT2D eigenvalue weighted by molar-refractivity contribution is 0.0938. The third kappa shape index (κ3) is 3.19. The third-order valence-electron chi connectivity index (χ3n) is 3.15. The Labute approximate surface area is 126 Å². The number of carbonyl (C=O) groups excluding carboxylic acids is 1. The monoisotopic (exact) mass is 305 g/mol. The second-order valence-corrected chi connectivity index (χ2v) is 6.58. The van der Waals surface area contributed by atoms with Crippen molar-refractivity contribution in [2.24, 2.45) is 0 Å². The maximum Gasteiger partial charge on any atom is 0.282 e. The summed E-state index contributed by atoms with van der Waals surface area (Å²) < 4.78 is 4.27. The molecule has 1 aromatic heterocycles. The second kappa shape index (κ2) is 6.37. The van der Waals surface area contributed by atoms with Crippen molar-refractivity contribution >= 4 is 29.2 Å². The van der Waals surface area contributed by atoms with Crippen LogP contribution in [0.3, 0.4) is 0 Å². The van der Waals surface area contributed by atoms with Crippen LogP contribution in [0, 0.1) is 0 Å². The van der Waals surface area contributed by atoms with Gasteiger partial charge in [-0.2, -0.15) is 16.1 Å². The first-order chi connectivity index (χ1) is 9.83. The van der Waals surface area contributed by atoms with Crippen LogP contribution in [0.5, 0.6) is 0 Å². The lowest BCUT2D eigenvalue weighted by Crippen LogP contribution is -2.38. The summed E-state index contributed by atoms with van der Waals surface area (Å²) in [6, 6.07) is 9.99. The number of nitrogens with zero attached hydrogens (tertiary/aromatic N) is 2. The highest BCUT2D eigenvalue weighted by molar-refractivity contribution is 7.99. The largest absolute Gasteiger partial charge is 0.346 e. The molecular formula is C14H15N3OS2. The molecule has 1 N–H and O–H groups in total. The van der Waals surface area contributed by atoms with Crippen LogP contribution in [0.2, 0.25) is 0 Å². The molecule has 0 radical (unpaired) electrons. The van der Waals surface area contributed by atoms with Crippen molar-refractivity contribution in [2.75, 3.05) is 11.5 Å². The average molecular weight is 305 g/mol. The molecule has 4 nitrogen and oxygen atoms in total. The van der Waals surface area contributed by atoms with Crippen LogP contribution < -0.4 is 5.32 Å². The molecule has 1 aliphatic rings. The van der Waals surface area contributed by atoms with E-state index >= 15 is 0 Å². The Hall–Kier alpha value is -1.40. The fraction of sp³-hybridized carbons (Fsp3) is 0.357. The summed E-state index contributed by atoms with van der Waals surface area (Å²) in [6.45, 7) is 0. The summed E-state index contributed by atoms with van der Waals surface area (Å²) in [5.41, 5.74) is 0.941. The highest BCUT2D eigenvalue weighted by Gasteiger charge is 2.19. The van der Waals surface area contributed by atoms with E-state index in [-0.39, 0.29) is 11.9 Å². The van der Waals surface area contributed by atoms with Gasteiger partial charge in [-0.25, -0.2) is 4.98 Å². The molecule has 2 heterocycles. The van der Waals surface area contributed by atoms with Gasteiger partial charge in [0, 0.05) is 17.4 Å². The molecule has 104 valence electrons. The summed E-state index contributed by atoms with van der Waals surface area (Å²) in [4.78, 5) is 16.5. The molecule has 1 saturated heterocycles. The lowest BCUT2D eigenvalue weighted by atomic mass is 10.2. The molecule has 0 bridgehead atoms. The fourth-order valence-corrected chi connectivity index (χ4v) is 3.78. The number of carbonyl (C=O) groups is 1. The number of benzene rings is 1. The standard InChI is InChI=1S/C14H15N3OS2/c18-13(15-11-7-4-8-19-9-11)14-16-12(17-20-14)10-5-2-1-3-6-10/h1-3,5-6,11H,4,7-9H2,(H,15,18). The van der Waals surface area contributed by atoms with E-state index in [0.717, 1.165) is 29.3 Å². The van der Waals surface area contributed by atoms with E-state index in [1.54, 1.807) is 0 Å². The van der Waals surface area contributed by atoms with E-state index in [0.29, 0.717) is 10.8 Å².